The average molecular weight is 359 g/mol. The van der Waals surface area contributed by atoms with Crippen LogP contribution in [0.5, 0.6) is 0 Å². The van der Waals surface area contributed by atoms with E-state index in [-0.39, 0.29) is 24.2 Å². The van der Waals surface area contributed by atoms with E-state index in [0.29, 0.717) is 33.5 Å². The van der Waals surface area contributed by atoms with Gasteiger partial charge >= 0.3 is 0 Å². The van der Waals surface area contributed by atoms with E-state index in [4.69, 9.17) is 11.6 Å². The summed E-state index contributed by atoms with van der Waals surface area (Å²) in [5, 5.41) is 3.85. The highest BCUT2D eigenvalue weighted by molar-refractivity contribution is 6.31. The molecular weight excluding hydrogens is 343 g/mol. The van der Waals surface area contributed by atoms with Gasteiger partial charge in [-0.05, 0) is 36.2 Å². The van der Waals surface area contributed by atoms with E-state index in [9.17, 15) is 14.0 Å². The second-order valence-corrected chi connectivity index (χ2v) is 6.13. The maximum atomic E-state index is 13.6. The minimum Gasteiger partial charge on any atom is -0.352 e. The number of hydrogen-bond acceptors (Lipinski definition) is 2. The third-order valence-corrected chi connectivity index (χ3v) is 4.22. The fraction of sp³-hybridized carbons (Fsp3) is 0.158. The Morgan fingerprint density at radius 1 is 1.20 bits per heavy atom. The number of fused-ring (bicyclic) bond motifs is 1. The molecule has 1 aromatic heterocycles. The first-order valence-corrected chi connectivity index (χ1v) is 8.18. The number of rotatable bonds is 4. The molecule has 0 aliphatic heterocycles. The molecule has 1 N–H and O–H groups in total. The molecule has 0 aliphatic rings. The summed E-state index contributed by atoms with van der Waals surface area (Å²) < 4.78 is 15.0. The van der Waals surface area contributed by atoms with E-state index in [1.54, 1.807) is 36.4 Å². The first kappa shape index (κ1) is 17.2. The van der Waals surface area contributed by atoms with Crippen LogP contribution in [0.4, 0.5) is 4.39 Å². The molecule has 3 aromatic rings. The second kappa shape index (κ2) is 7.07. The number of halogens is 2. The van der Waals surface area contributed by atoms with Crippen LogP contribution in [-0.2, 0) is 6.42 Å². The molecule has 1 heterocycles. The molecule has 0 atom stereocenters. The van der Waals surface area contributed by atoms with Crippen LogP contribution in [0.3, 0.4) is 0 Å². The van der Waals surface area contributed by atoms with Gasteiger partial charge in [-0.1, -0.05) is 29.8 Å². The molecule has 0 radical (unpaired) electrons. The summed E-state index contributed by atoms with van der Waals surface area (Å²) in [6.07, 6.45) is 1.88. The lowest BCUT2D eigenvalue weighted by Gasteiger charge is -2.05. The molecule has 4 nitrogen and oxygen atoms in total. The number of aromatic nitrogens is 1. The number of nitrogens with zero attached hydrogens (tertiary/aromatic N) is 1. The molecule has 6 heteroatoms. The summed E-state index contributed by atoms with van der Waals surface area (Å²) >= 11 is 6.02. The van der Waals surface area contributed by atoms with Crippen molar-refractivity contribution in [1.29, 1.82) is 0 Å². The lowest BCUT2D eigenvalue weighted by atomic mass is 10.1. The molecule has 0 unspecified atom stereocenters. The van der Waals surface area contributed by atoms with Gasteiger partial charge < -0.3 is 5.32 Å². The zero-order valence-corrected chi connectivity index (χ0v) is 14.3. The number of carbonyl (C=O) groups is 2. The fourth-order valence-electron chi connectivity index (χ4n) is 2.75. The van der Waals surface area contributed by atoms with Crippen LogP contribution in [-0.4, -0.2) is 22.9 Å². The Balaban J connectivity index is 1.81. The minimum atomic E-state index is -0.330. The molecular formula is C19H16ClFN2O2. The standard InChI is InChI=1S/C19H16ClFN2O2/c1-12(24)23-11-16(15-10-14(20)6-7-18(15)23)19(25)22-9-8-13-4-2-3-5-17(13)21/h2-7,10-11H,8-9H2,1H3,(H,22,25). The molecule has 0 fully saturated rings. The van der Waals surface area contributed by atoms with E-state index in [1.165, 1.54) is 23.8 Å². The van der Waals surface area contributed by atoms with Crippen molar-refractivity contribution in [2.45, 2.75) is 13.3 Å². The van der Waals surface area contributed by atoms with Gasteiger partial charge in [0.25, 0.3) is 5.91 Å². The Labute approximate surface area is 149 Å². The summed E-state index contributed by atoms with van der Waals surface area (Å²) in [5.74, 6) is -0.821. The van der Waals surface area contributed by atoms with Crippen molar-refractivity contribution in [2.75, 3.05) is 6.54 Å². The van der Waals surface area contributed by atoms with Crippen LogP contribution in [0, 0.1) is 5.82 Å². The summed E-state index contributed by atoms with van der Waals surface area (Å²) in [4.78, 5) is 24.3. The first-order valence-electron chi connectivity index (χ1n) is 7.80. The average Bonchev–Trinajstić information content (AvgIpc) is 2.95. The van der Waals surface area contributed by atoms with Gasteiger partial charge in [-0.3, -0.25) is 14.2 Å². The molecule has 2 aromatic carbocycles. The Hall–Kier alpha value is -2.66. The summed E-state index contributed by atoms with van der Waals surface area (Å²) in [7, 11) is 0. The number of hydrogen-bond donors (Lipinski definition) is 1. The fourth-order valence-corrected chi connectivity index (χ4v) is 2.92. The molecule has 128 valence electrons. The normalized spacial score (nSPS) is 10.8. The van der Waals surface area contributed by atoms with Crippen LogP contribution in [0.2, 0.25) is 5.02 Å². The highest BCUT2D eigenvalue weighted by Gasteiger charge is 2.17. The van der Waals surface area contributed by atoms with E-state index >= 15 is 0 Å². The van der Waals surface area contributed by atoms with Crippen molar-refractivity contribution in [3.63, 3.8) is 0 Å². The zero-order chi connectivity index (χ0) is 18.0. The van der Waals surface area contributed by atoms with Gasteiger partial charge in [0.15, 0.2) is 0 Å². The minimum absolute atomic E-state index is 0.197. The predicted molar refractivity (Wildman–Crippen MR) is 95.7 cm³/mol. The number of amides is 1. The monoisotopic (exact) mass is 358 g/mol. The molecule has 0 bridgehead atoms. The Morgan fingerprint density at radius 2 is 1.96 bits per heavy atom. The molecule has 25 heavy (non-hydrogen) atoms. The largest absolute Gasteiger partial charge is 0.352 e. The van der Waals surface area contributed by atoms with Gasteiger partial charge in [0, 0.05) is 30.1 Å². The highest BCUT2D eigenvalue weighted by Crippen LogP contribution is 2.25. The molecule has 0 spiro atoms. The second-order valence-electron chi connectivity index (χ2n) is 5.69. The summed E-state index contributed by atoms with van der Waals surface area (Å²) in [5.41, 5.74) is 1.52. The van der Waals surface area contributed by atoms with E-state index in [1.807, 2.05) is 0 Å². The Kier molecular flexibility index (Phi) is 4.86. The molecule has 0 saturated carbocycles. The van der Waals surface area contributed by atoms with Crippen molar-refractivity contribution >= 4 is 34.3 Å². The van der Waals surface area contributed by atoms with Crippen LogP contribution < -0.4 is 5.32 Å². The van der Waals surface area contributed by atoms with Gasteiger partial charge in [0.1, 0.15) is 5.82 Å². The Bertz CT molecular complexity index is 965. The third kappa shape index (κ3) is 3.56. The maximum absolute atomic E-state index is 13.6. The first-order chi connectivity index (χ1) is 12.0. The summed E-state index contributed by atoms with van der Waals surface area (Å²) in [6.45, 7) is 1.71. The van der Waals surface area contributed by atoms with Crippen molar-refractivity contribution in [3.05, 3.63) is 70.6 Å². The van der Waals surface area contributed by atoms with E-state index in [0.717, 1.165) is 0 Å². The highest BCUT2D eigenvalue weighted by atomic mass is 35.5. The van der Waals surface area contributed by atoms with Crippen molar-refractivity contribution in [2.24, 2.45) is 0 Å². The molecule has 3 rings (SSSR count). The SMILES string of the molecule is CC(=O)n1cc(C(=O)NCCc2ccccc2F)c2cc(Cl)ccc21. The van der Waals surface area contributed by atoms with Crippen molar-refractivity contribution in [1.82, 2.24) is 9.88 Å². The topological polar surface area (TPSA) is 51.1 Å². The number of nitrogens with one attached hydrogen (secondary N) is 1. The van der Waals surface area contributed by atoms with Gasteiger partial charge in [-0.15, -0.1) is 0 Å². The smallest absolute Gasteiger partial charge is 0.253 e. The van der Waals surface area contributed by atoms with Crippen molar-refractivity contribution in [3.8, 4) is 0 Å². The zero-order valence-electron chi connectivity index (χ0n) is 13.6. The van der Waals surface area contributed by atoms with Crippen LogP contribution in [0.15, 0.2) is 48.7 Å². The van der Waals surface area contributed by atoms with Crippen molar-refractivity contribution < 1.29 is 14.0 Å². The van der Waals surface area contributed by atoms with Gasteiger partial charge in [0.2, 0.25) is 5.91 Å². The molecule has 0 saturated heterocycles. The maximum Gasteiger partial charge on any atom is 0.253 e. The van der Waals surface area contributed by atoms with Crippen LogP contribution in [0.25, 0.3) is 10.9 Å². The lowest BCUT2D eigenvalue weighted by Crippen LogP contribution is -2.25. The van der Waals surface area contributed by atoms with E-state index < -0.39 is 0 Å². The molecule has 0 aliphatic carbocycles. The van der Waals surface area contributed by atoms with Crippen LogP contribution >= 0.6 is 11.6 Å². The van der Waals surface area contributed by atoms with E-state index in [2.05, 4.69) is 5.32 Å². The quantitative estimate of drug-likeness (QED) is 0.764. The van der Waals surface area contributed by atoms with Gasteiger partial charge in [-0.25, -0.2) is 4.39 Å². The predicted octanol–water partition coefficient (Wildman–Crippen LogP) is 4.07. The number of carbonyl (C=O) groups excluding carboxylic acids is 2. The third-order valence-electron chi connectivity index (χ3n) is 3.99. The Morgan fingerprint density at radius 3 is 2.68 bits per heavy atom. The number of benzene rings is 2. The molecule has 1 amide bonds. The van der Waals surface area contributed by atoms with Crippen LogP contribution in [0.1, 0.15) is 27.6 Å². The lowest BCUT2D eigenvalue weighted by molar-refractivity contribution is 0.0941. The summed E-state index contributed by atoms with van der Waals surface area (Å²) in [6, 6.07) is 11.5. The van der Waals surface area contributed by atoms with Gasteiger partial charge in [0.05, 0.1) is 11.1 Å². The van der Waals surface area contributed by atoms with Gasteiger partial charge in [-0.2, -0.15) is 0 Å².